The van der Waals surface area contributed by atoms with Crippen LogP contribution in [0.4, 0.5) is 0 Å². The molecule has 4 nitrogen and oxygen atoms in total. The van der Waals surface area contributed by atoms with Crippen molar-refractivity contribution in [3.8, 4) is 11.5 Å². The van der Waals surface area contributed by atoms with Crippen LogP contribution in [0, 0.1) is 11.3 Å². The van der Waals surface area contributed by atoms with Crippen molar-refractivity contribution < 1.29 is 14.6 Å². The fourth-order valence-electron chi connectivity index (χ4n) is 2.09. The van der Waals surface area contributed by atoms with E-state index in [1.165, 1.54) is 12.8 Å². The van der Waals surface area contributed by atoms with Crippen LogP contribution in [0.2, 0.25) is 0 Å². The molecule has 2 unspecified atom stereocenters. The highest BCUT2D eigenvalue weighted by molar-refractivity contribution is 5.31. The first-order chi connectivity index (χ1) is 9.83. The average molecular weight is 293 g/mol. The smallest absolute Gasteiger partial charge is 0.173 e. The van der Waals surface area contributed by atoms with Gasteiger partial charge in [-0.05, 0) is 54.9 Å². The Hall–Kier alpha value is -1.26. The lowest BCUT2D eigenvalue weighted by atomic mass is 9.89. The monoisotopic (exact) mass is 293 g/mol. The molecule has 1 fully saturated rings. The summed E-state index contributed by atoms with van der Waals surface area (Å²) < 4.78 is 11.3. The van der Waals surface area contributed by atoms with Crippen molar-refractivity contribution in [2.45, 2.75) is 52.4 Å². The van der Waals surface area contributed by atoms with Crippen LogP contribution in [-0.4, -0.2) is 24.0 Å². The topological polar surface area (TPSA) is 64.7 Å². The first kappa shape index (κ1) is 16.1. The second-order valence-electron chi connectivity index (χ2n) is 7.14. The van der Waals surface area contributed by atoms with Gasteiger partial charge in [0, 0.05) is 0 Å². The maximum Gasteiger partial charge on any atom is 0.173 e. The van der Waals surface area contributed by atoms with Crippen molar-refractivity contribution in [1.29, 1.82) is 0 Å². The van der Waals surface area contributed by atoms with Crippen molar-refractivity contribution in [2.24, 2.45) is 17.1 Å². The molecule has 0 aliphatic heterocycles. The summed E-state index contributed by atoms with van der Waals surface area (Å²) in [4.78, 5) is 0. The molecule has 0 saturated heterocycles. The zero-order valence-corrected chi connectivity index (χ0v) is 13.2. The summed E-state index contributed by atoms with van der Waals surface area (Å²) in [7, 11) is 0. The Labute approximate surface area is 127 Å². The number of nitrogens with two attached hydrogens (primary N) is 1. The van der Waals surface area contributed by atoms with E-state index >= 15 is 0 Å². The van der Waals surface area contributed by atoms with E-state index in [0.717, 1.165) is 18.3 Å². The van der Waals surface area contributed by atoms with Gasteiger partial charge in [-0.3, -0.25) is 5.73 Å². The van der Waals surface area contributed by atoms with Crippen LogP contribution in [0.25, 0.3) is 0 Å². The maximum absolute atomic E-state index is 10.0. The van der Waals surface area contributed by atoms with Crippen LogP contribution in [-0.2, 0) is 0 Å². The fraction of sp³-hybridized carbons (Fsp3) is 0.647. The summed E-state index contributed by atoms with van der Waals surface area (Å²) in [5.74, 6) is 2.23. The van der Waals surface area contributed by atoms with E-state index in [2.05, 4.69) is 20.8 Å². The summed E-state index contributed by atoms with van der Waals surface area (Å²) in [5, 5.41) is 10.0. The van der Waals surface area contributed by atoms with Crippen molar-refractivity contribution >= 4 is 0 Å². The molecule has 0 aromatic heterocycles. The molecule has 0 bridgehead atoms. The van der Waals surface area contributed by atoms with E-state index < -0.39 is 12.3 Å². The van der Waals surface area contributed by atoms with Gasteiger partial charge in [-0.2, -0.15) is 0 Å². The van der Waals surface area contributed by atoms with Gasteiger partial charge in [0.15, 0.2) is 6.23 Å². The number of rotatable bonds is 7. The van der Waals surface area contributed by atoms with Crippen LogP contribution in [0.3, 0.4) is 0 Å². The average Bonchev–Trinajstić information content (AvgIpc) is 3.20. The third-order valence-corrected chi connectivity index (χ3v) is 3.48. The molecular weight excluding hydrogens is 266 g/mol. The molecule has 2 rings (SSSR count). The maximum atomic E-state index is 10.0. The van der Waals surface area contributed by atoms with Gasteiger partial charge in [0.1, 0.15) is 17.6 Å². The van der Waals surface area contributed by atoms with Crippen molar-refractivity contribution in [2.75, 3.05) is 6.61 Å². The first-order valence-corrected chi connectivity index (χ1v) is 7.67. The van der Waals surface area contributed by atoms with Gasteiger partial charge in [0.05, 0.1) is 6.61 Å². The molecule has 1 aromatic carbocycles. The van der Waals surface area contributed by atoms with Crippen LogP contribution >= 0.6 is 0 Å². The number of hydrogen-bond donors (Lipinski definition) is 2. The van der Waals surface area contributed by atoms with Crippen molar-refractivity contribution in [3.05, 3.63) is 24.3 Å². The van der Waals surface area contributed by atoms with Crippen LogP contribution in [0.15, 0.2) is 24.3 Å². The quantitative estimate of drug-likeness (QED) is 0.759. The van der Waals surface area contributed by atoms with Gasteiger partial charge < -0.3 is 14.6 Å². The summed E-state index contributed by atoms with van der Waals surface area (Å²) in [5.41, 5.74) is 5.91. The Kier molecular flexibility index (Phi) is 5.12. The third-order valence-electron chi connectivity index (χ3n) is 3.48. The molecule has 2 atom stereocenters. The van der Waals surface area contributed by atoms with Gasteiger partial charge in [-0.25, -0.2) is 0 Å². The predicted molar refractivity (Wildman–Crippen MR) is 83.3 cm³/mol. The lowest BCUT2D eigenvalue weighted by molar-refractivity contribution is 0.0141. The van der Waals surface area contributed by atoms with Crippen LogP contribution in [0.5, 0.6) is 11.5 Å². The van der Waals surface area contributed by atoms with Crippen molar-refractivity contribution in [1.82, 2.24) is 0 Å². The zero-order chi connectivity index (χ0) is 15.5. The molecule has 1 aromatic rings. The Morgan fingerprint density at radius 1 is 1.19 bits per heavy atom. The summed E-state index contributed by atoms with van der Waals surface area (Å²) in [6.07, 6.45) is 1.75. The SMILES string of the molecule is CC(C)(C)CC(O)C(N)Oc1ccc(OCC2CC2)cc1. The normalized spacial score (nSPS) is 18.1. The lowest BCUT2D eigenvalue weighted by Gasteiger charge is -2.26. The number of benzene rings is 1. The second-order valence-corrected chi connectivity index (χ2v) is 7.14. The molecule has 0 spiro atoms. The van der Waals surface area contributed by atoms with Gasteiger partial charge in [-0.1, -0.05) is 20.8 Å². The molecule has 1 aliphatic rings. The lowest BCUT2D eigenvalue weighted by Crippen LogP contribution is -2.41. The van der Waals surface area contributed by atoms with Gasteiger partial charge in [-0.15, -0.1) is 0 Å². The first-order valence-electron chi connectivity index (χ1n) is 7.67. The van der Waals surface area contributed by atoms with E-state index in [9.17, 15) is 5.11 Å². The van der Waals surface area contributed by atoms with Crippen LogP contribution in [0.1, 0.15) is 40.0 Å². The molecule has 4 heteroatoms. The fourth-order valence-corrected chi connectivity index (χ4v) is 2.09. The molecule has 3 N–H and O–H groups in total. The van der Waals surface area contributed by atoms with E-state index in [1.807, 2.05) is 24.3 Å². The summed E-state index contributed by atoms with van der Waals surface area (Å²) in [6.45, 7) is 6.99. The zero-order valence-electron chi connectivity index (χ0n) is 13.2. The van der Waals surface area contributed by atoms with Crippen molar-refractivity contribution in [3.63, 3.8) is 0 Å². The second kappa shape index (κ2) is 6.67. The van der Waals surface area contributed by atoms with Gasteiger partial charge in [0.25, 0.3) is 0 Å². The number of ether oxygens (including phenoxy) is 2. The molecule has 21 heavy (non-hydrogen) atoms. The minimum Gasteiger partial charge on any atom is -0.493 e. The predicted octanol–water partition coefficient (Wildman–Crippen LogP) is 2.94. The highest BCUT2D eigenvalue weighted by atomic mass is 16.5. The number of aliphatic hydroxyl groups is 1. The molecule has 118 valence electrons. The van der Waals surface area contributed by atoms with E-state index in [4.69, 9.17) is 15.2 Å². The minimum atomic E-state index is -0.720. The summed E-state index contributed by atoms with van der Waals surface area (Å²) in [6, 6.07) is 7.40. The highest BCUT2D eigenvalue weighted by Crippen LogP contribution is 2.30. The van der Waals surface area contributed by atoms with E-state index in [-0.39, 0.29) is 5.41 Å². The summed E-state index contributed by atoms with van der Waals surface area (Å²) >= 11 is 0. The Morgan fingerprint density at radius 3 is 2.29 bits per heavy atom. The van der Waals surface area contributed by atoms with E-state index in [1.54, 1.807) is 0 Å². The molecule has 0 radical (unpaired) electrons. The largest absolute Gasteiger partial charge is 0.493 e. The Bertz CT molecular complexity index is 434. The minimum absolute atomic E-state index is 0.0148. The van der Waals surface area contributed by atoms with Gasteiger partial charge >= 0.3 is 0 Å². The molecule has 0 heterocycles. The standard InChI is InChI=1S/C17H27NO3/c1-17(2,3)10-15(19)16(18)21-14-8-6-13(7-9-14)20-11-12-4-5-12/h6-9,12,15-16,19H,4-5,10-11,18H2,1-3H3. The Morgan fingerprint density at radius 2 is 1.76 bits per heavy atom. The molecular formula is C17H27NO3. The number of hydrogen-bond acceptors (Lipinski definition) is 4. The van der Waals surface area contributed by atoms with Crippen LogP contribution < -0.4 is 15.2 Å². The molecule has 1 saturated carbocycles. The van der Waals surface area contributed by atoms with Gasteiger partial charge in [0.2, 0.25) is 0 Å². The Balaban J connectivity index is 1.81. The van der Waals surface area contributed by atoms with E-state index in [0.29, 0.717) is 12.2 Å². The molecule has 1 aliphatic carbocycles. The number of aliphatic hydroxyl groups excluding tert-OH is 1. The third kappa shape index (κ3) is 5.94. The highest BCUT2D eigenvalue weighted by Gasteiger charge is 2.24. The molecule has 0 amide bonds.